The first-order valence-electron chi connectivity index (χ1n) is 2.87. The molecule has 0 aromatic rings. The third kappa shape index (κ3) is 1.54. The fourth-order valence-electron chi connectivity index (χ4n) is 0.727. The normalized spacial score (nSPS) is 36.0. The average molecular weight is 240 g/mol. The Morgan fingerprint density at radius 3 is 2.89 bits per heavy atom. The van der Waals surface area contributed by atoms with E-state index >= 15 is 0 Å². The molecule has 0 bridgehead atoms. The van der Waals surface area contributed by atoms with Crippen molar-refractivity contribution >= 4 is 28.5 Å². The minimum absolute atomic E-state index is 0.0800. The molecule has 1 amide bonds. The number of carbonyl (C=O) groups is 1. The van der Waals surface area contributed by atoms with E-state index in [0.717, 1.165) is 0 Å². The van der Waals surface area contributed by atoms with Crippen molar-refractivity contribution in [1.82, 2.24) is 10.6 Å². The second-order valence-electron chi connectivity index (χ2n) is 2.11. The largest absolute Gasteiger partial charge is 0.343 e. The molecule has 1 aliphatic heterocycles. The third-order valence-corrected chi connectivity index (χ3v) is 3.02. The van der Waals surface area contributed by atoms with E-state index in [1.54, 1.807) is 0 Å². The maximum Gasteiger partial charge on any atom is 0.235 e. The smallest absolute Gasteiger partial charge is 0.235 e. The molecule has 0 aromatic carbocycles. The summed E-state index contributed by atoms with van der Waals surface area (Å²) in [5, 5.41) is 5.83. The van der Waals surface area contributed by atoms with Crippen molar-refractivity contribution in [1.29, 1.82) is 0 Å². The van der Waals surface area contributed by atoms with Gasteiger partial charge < -0.3 is 5.32 Å². The topological polar surface area (TPSA) is 41.1 Å². The Balaban J connectivity index is 2.51. The Morgan fingerprint density at radius 2 is 2.44 bits per heavy atom. The van der Waals surface area contributed by atoms with Gasteiger partial charge >= 0.3 is 0 Å². The summed E-state index contributed by atoms with van der Waals surface area (Å²) in [7, 11) is 0. The highest BCUT2D eigenvalue weighted by atomic mass is 127. The molecular formula is C5H9IN2O. The summed E-state index contributed by atoms with van der Waals surface area (Å²) < 4.78 is 0.0800. The summed E-state index contributed by atoms with van der Waals surface area (Å²) in [5.74, 6) is 0.141. The predicted octanol–water partition coefficient (Wildman–Crippen LogP) is -0.145. The van der Waals surface area contributed by atoms with Gasteiger partial charge in [0.25, 0.3) is 0 Å². The van der Waals surface area contributed by atoms with Crippen molar-refractivity contribution in [2.24, 2.45) is 0 Å². The molecule has 1 fully saturated rings. The van der Waals surface area contributed by atoms with Crippen LogP contribution in [0, 0.1) is 0 Å². The first-order valence-corrected chi connectivity index (χ1v) is 4.11. The maximum absolute atomic E-state index is 10.8. The number of amides is 1. The molecule has 0 saturated carbocycles. The van der Waals surface area contributed by atoms with Gasteiger partial charge in [-0.15, -0.1) is 0 Å². The molecule has 2 N–H and O–H groups in total. The zero-order chi connectivity index (χ0) is 6.85. The van der Waals surface area contributed by atoms with Gasteiger partial charge in [-0.3, -0.25) is 10.1 Å². The summed E-state index contributed by atoms with van der Waals surface area (Å²) in [6.45, 7) is 2.62. The van der Waals surface area contributed by atoms with Crippen LogP contribution in [0.4, 0.5) is 0 Å². The summed E-state index contributed by atoms with van der Waals surface area (Å²) in [4.78, 5) is 10.8. The number of nitrogens with one attached hydrogen (secondary N) is 2. The first-order chi connectivity index (χ1) is 4.22. The summed E-state index contributed by atoms with van der Waals surface area (Å²) >= 11 is 2.13. The van der Waals surface area contributed by atoms with Crippen LogP contribution in [0.2, 0.25) is 0 Å². The first kappa shape index (κ1) is 7.27. The number of carbonyl (C=O) groups excluding carboxylic acids is 1. The molecule has 0 aliphatic carbocycles. The van der Waals surface area contributed by atoms with Crippen LogP contribution < -0.4 is 10.6 Å². The summed E-state index contributed by atoms with van der Waals surface area (Å²) in [6, 6.07) is 0.305. The van der Waals surface area contributed by atoms with Crippen LogP contribution in [0.25, 0.3) is 0 Å². The lowest BCUT2D eigenvalue weighted by Gasteiger charge is -2.25. The van der Waals surface area contributed by atoms with Crippen LogP contribution in [-0.2, 0) is 4.79 Å². The maximum atomic E-state index is 10.8. The van der Waals surface area contributed by atoms with E-state index in [9.17, 15) is 4.79 Å². The molecule has 1 heterocycles. The van der Waals surface area contributed by atoms with Gasteiger partial charge in [-0.2, -0.15) is 0 Å². The van der Waals surface area contributed by atoms with Crippen LogP contribution in [0.3, 0.4) is 0 Å². The van der Waals surface area contributed by atoms with Gasteiger partial charge in [0.2, 0.25) is 5.91 Å². The van der Waals surface area contributed by atoms with E-state index in [1.165, 1.54) is 0 Å². The third-order valence-electron chi connectivity index (χ3n) is 1.38. The summed E-state index contributed by atoms with van der Waals surface area (Å²) in [5.41, 5.74) is 0. The zero-order valence-corrected chi connectivity index (χ0v) is 7.31. The number of hydrogen-bond acceptors (Lipinski definition) is 2. The van der Waals surface area contributed by atoms with Gasteiger partial charge in [0.05, 0.1) is 6.67 Å². The van der Waals surface area contributed by atoms with Gasteiger partial charge in [0.1, 0.15) is 3.92 Å². The van der Waals surface area contributed by atoms with Crippen LogP contribution >= 0.6 is 22.6 Å². The van der Waals surface area contributed by atoms with Gasteiger partial charge in [-0.1, -0.05) is 22.6 Å². The number of hydrogen-bond donors (Lipinski definition) is 2. The Kier molecular flexibility index (Phi) is 2.29. The molecule has 1 saturated heterocycles. The average Bonchev–Trinajstić information content (AvgIpc) is 1.83. The van der Waals surface area contributed by atoms with E-state index in [4.69, 9.17) is 0 Å². The van der Waals surface area contributed by atoms with E-state index in [2.05, 4.69) is 33.2 Å². The number of halogens is 1. The molecule has 0 radical (unpaired) electrons. The molecule has 52 valence electrons. The van der Waals surface area contributed by atoms with Gasteiger partial charge in [0.15, 0.2) is 0 Å². The monoisotopic (exact) mass is 240 g/mol. The van der Waals surface area contributed by atoms with Gasteiger partial charge in [0, 0.05) is 6.04 Å². The molecular weight excluding hydrogens is 231 g/mol. The molecule has 4 heteroatoms. The van der Waals surface area contributed by atoms with Crippen LogP contribution in [0.15, 0.2) is 0 Å². The highest BCUT2D eigenvalue weighted by Gasteiger charge is 2.24. The summed E-state index contributed by atoms with van der Waals surface area (Å²) in [6.07, 6.45) is 0. The van der Waals surface area contributed by atoms with E-state index in [1.807, 2.05) is 6.92 Å². The molecule has 0 aromatic heterocycles. The van der Waals surface area contributed by atoms with Crippen LogP contribution in [0.1, 0.15) is 6.92 Å². The number of rotatable bonds is 0. The molecule has 9 heavy (non-hydrogen) atoms. The second-order valence-corrected chi connectivity index (χ2v) is 3.45. The van der Waals surface area contributed by atoms with Crippen molar-refractivity contribution in [2.45, 2.75) is 16.9 Å². The fourth-order valence-corrected chi connectivity index (χ4v) is 1.20. The van der Waals surface area contributed by atoms with Crippen molar-refractivity contribution in [3.8, 4) is 0 Å². The van der Waals surface area contributed by atoms with Crippen LogP contribution in [-0.4, -0.2) is 22.5 Å². The Bertz CT molecular complexity index is 128. The lowest BCUT2D eigenvalue weighted by molar-refractivity contribution is -0.121. The quantitative estimate of drug-likeness (QED) is 0.457. The highest BCUT2D eigenvalue weighted by Crippen LogP contribution is 2.08. The van der Waals surface area contributed by atoms with Crippen molar-refractivity contribution in [3.63, 3.8) is 0 Å². The standard InChI is InChI=1S/C5H9IN2O/c1-3-4(6)5(9)8-2-7-3/h3-4,7H,2H2,1H3,(H,8,9). The Hall–Kier alpha value is 0.160. The van der Waals surface area contributed by atoms with Gasteiger partial charge in [-0.25, -0.2) is 0 Å². The Morgan fingerprint density at radius 1 is 1.78 bits per heavy atom. The highest BCUT2D eigenvalue weighted by molar-refractivity contribution is 14.1. The van der Waals surface area contributed by atoms with Crippen molar-refractivity contribution < 1.29 is 4.79 Å². The molecule has 0 spiro atoms. The lowest BCUT2D eigenvalue weighted by atomic mass is 10.2. The second kappa shape index (κ2) is 2.83. The fraction of sp³-hybridized carbons (Fsp3) is 0.800. The van der Waals surface area contributed by atoms with Crippen molar-refractivity contribution in [3.05, 3.63) is 0 Å². The van der Waals surface area contributed by atoms with Gasteiger partial charge in [-0.05, 0) is 6.92 Å². The molecule has 3 nitrogen and oxygen atoms in total. The van der Waals surface area contributed by atoms with E-state index in [0.29, 0.717) is 12.7 Å². The van der Waals surface area contributed by atoms with Crippen LogP contribution in [0.5, 0.6) is 0 Å². The molecule has 2 unspecified atom stereocenters. The van der Waals surface area contributed by atoms with E-state index < -0.39 is 0 Å². The molecule has 1 aliphatic rings. The molecule has 1 rings (SSSR count). The number of alkyl halides is 1. The SMILES string of the molecule is CC1NCNC(=O)C1I. The minimum Gasteiger partial charge on any atom is -0.343 e. The van der Waals surface area contributed by atoms with Crippen molar-refractivity contribution in [2.75, 3.05) is 6.67 Å². The molecule has 2 atom stereocenters. The minimum atomic E-state index is 0.0800. The van der Waals surface area contributed by atoms with E-state index in [-0.39, 0.29) is 9.83 Å². The lowest BCUT2D eigenvalue weighted by Crippen LogP contribution is -2.54. The zero-order valence-electron chi connectivity index (χ0n) is 5.15. The Labute approximate surface area is 67.7 Å². The predicted molar refractivity (Wildman–Crippen MR) is 43.4 cm³/mol.